The predicted molar refractivity (Wildman–Crippen MR) is 100 cm³/mol. The molecule has 0 saturated carbocycles. The molecule has 1 aromatic carbocycles. The van der Waals surface area contributed by atoms with Gasteiger partial charge in [0.15, 0.2) is 5.15 Å². The van der Waals surface area contributed by atoms with Crippen molar-refractivity contribution >= 4 is 33.8 Å². The minimum absolute atomic E-state index is 0.279. The fourth-order valence-corrected chi connectivity index (χ4v) is 4.09. The van der Waals surface area contributed by atoms with Crippen LogP contribution in [0.3, 0.4) is 0 Å². The van der Waals surface area contributed by atoms with E-state index >= 15 is 0 Å². The zero-order valence-corrected chi connectivity index (χ0v) is 15.9. The fraction of sp³-hybridized carbons (Fsp3) is 0.412. The summed E-state index contributed by atoms with van der Waals surface area (Å²) in [5.74, 6) is 1.54. The third-order valence-electron chi connectivity index (χ3n) is 4.48. The number of aromatic nitrogens is 1. The molecule has 0 spiro atoms. The van der Waals surface area contributed by atoms with Crippen LogP contribution in [0.15, 0.2) is 18.2 Å². The number of methoxy groups -OCH3 is 2. The SMILES string of the molecule is COc1cc(OC)cc(N2CCC(N(C)c3snc(Cl)c3C#N)C2)c1. The molecule has 0 N–H and O–H groups in total. The molecule has 0 aliphatic carbocycles. The molecule has 3 rings (SSSR count). The molecule has 1 saturated heterocycles. The van der Waals surface area contributed by atoms with Crippen LogP contribution in [0.25, 0.3) is 0 Å². The van der Waals surface area contributed by atoms with Crippen molar-refractivity contribution in [1.82, 2.24) is 4.37 Å². The number of nitrogens with zero attached hydrogens (tertiary/aromatic N) is 4. The summed E-state index contributed by atoms with van der Waals surface area (Å²) >= 11 is 7.27. The number of halogens is 1. The molecule has 1 aliphatic rings. The molecule has 1 atom stereocenters. The topological polar surface area (TPSA) is 61.6 Å². The standard InChI is InChI=1S/C17H19ClN4O2S/c1-21(17-15(9-19)16(18)20-25-17)11-4-5-22(10-11)12-6-13(23-2)8-14(7-12)24-3/h6-8,11H,4-5,10H2,1-3H3. The summed E-state index contributed by atoms with van der Waals surface area (Å²) in [6.07, 6.45) is 0.983. The average molecular weight is 379 g/mol. The van der Waals surface area contributed by atoms with Crippen molar-refractivity contribution in [2.45, 2.75) is 12.5 Å². The lowest BCUT2D eigenvalue weighted by atomic mass is 10.2. The second-order valence-electron chi connectivity index (χ2n) is 5.84. The maximum Gasteiger partial charge on any atom is 0.162 e. The van der Waals surface area contributed by atoms with E-state index in [0.717, 1.165) is 41.7 Å². The Hall–Kier alpha value is -2.17. The van der Waals surface area contributed by atoms with E-state index in [1.165, 1.54) is 11.5 Å². The van der Waals surface area contributed by atoms with Gasteiger partial charge in [-0.1, -0.05) is 11.6 Å². The zero-order chi connectivity index (χ0) is 18.0. The van der Waals surface area contributed by atoms with Crippen LogP contribution in [0.1, 0.15) is 12.0 Å². The molecule has 132 valence electrons. The van der Waals surface area contributed by atoms with Crippen molar-refractivity contribution in [2.24, 2.45) is 0 Å². The summed E-state index contributed by atoms with van der Waals surface area (Å²) in [6, 6.07) is 8.31. The van der Waals surface area contributed by atoms with Crippen molar-refractivity contribution in [3.63, 3.8) is 0 Å². The van der Waals surface area contributed by atoms with E-state index in [1.54, 1.807) is 14.2 Å². The number of rotatable bonds is 5. The molecule has 6 nitrogen and oxygen atoms in total. The molecule has 1 aromatic heterocycles. The van der Waals surface area contributed by atoms with E-state index in [0.29, 0.717) is 5.56 Å². The van der Waals surface area contributed by atoms with Gasteiger partial charge in [0, 0.05) is 50.1 Å². The monoisotopic (exact) mass is 378 g/mol. The highest BCUT2D eigenvalue weighted by atomic mass is 35.5. The van der Waals surface area contributed by atoms with E-state index in [1.807, 2.05) is 25.2 Å². The van der Waals surface area contributed by atoms with Gasteiger partial charge < -0.3 is 19.3 Å². The molecule has 0 radical (unpaired) electrons. The molecule has 2 heterocycles. The van der Waals surface area contributed by atoms with Crippen molar-refractivity contribution in [2.75, 3.05) is 44.2 Å². The summed E-state index contributed by atoms with van der Waals surface area (Å²) in [7, 11) is 5.29. The normalized spacial score (nSPS) is 16.6. The van der Waals surface area contributed by atoms with E-state index in [4.69, 9.17) is 21.1 Å². The largest absolute Gasteiger partial charge is 0.497 e. The lowest BCUT2D eigenvalue weighted by molar-refractivity contribution is 0.394. The Morgan fingerprint density at radius 3 is 2.60 bits per heavy atom. The fourth-order valence-electron chi connectivity index (χ4n) is 3.03. The Kier molecular flexibility index (Phi) is 5.21. The minimum atomic E-state index is 0.279. The lowest BCUT2D eigenvalue weighted by Gasteiger charge is -2.26. The van der Waals surface area contributed by atoms with Crippen LogP contribution < -0.4 is 19.3 Å². The van der Waals surface area contributed by atoms with Crippen molar-refractivity contribution < 1.29 is 9.47 Å². The first-order valence-electron chi connectivity index (χ1n) is 7.83. The van der Waals surface area contributed by atoms with Crippen LogP contribution in [0.5, 0.6) is 11.5 Å². The van der Waals surface area contributed by atoms with Gasteiger partial charge in [-0.05, 0) is 18.0 Å². The van der Waals surface area contributed by atoms with Gasteiger partial charge in [-0.25, -0.2) is 0 Å². The van der Waals surface area contributed by atoms with Crippen LogP contribution >= 0.6 is 23.1 Å². The second kappa shape index (κ2) is 7.38. The number of likely N-dealkylation sites (N-methyl/N-ethyl adjacent to an activating group) is 1. The van der Waals surface area contributed by atoms with Gasteiger partial charge >= 0.3 is 0 Å². The Bertz CT molecular complexity index is 782. The van der Waals surface area contributed by atoms with E-state index in [2.05, 4.69) is 20.2 Å². The number of hydrogen-bond donors (Lipinski definition) is 0. The maximum absolute atomic E-state index is 9.29. The quantitative estimate of drug-likeness (QED) is 0.794. The first-order valence-corrected chi connectivity index (χ1v) is 8.98. The third kappa shape index (κ3) is 3.46. The molecular weight excluding hydrogens is 360 g/mol. The van der Waals surface area contributed by atoms with Gasteiger partial charge in [0.05, 0.1) is 14.2 Å². The van der Waals surface area contributed by atoms with Gasteiger partial charge in [-0.3, -0.25) is 0 Å². The number of anilines is 2. The predicted octanol–water partition coefficient (Wildman–Crippen LogP) is 3.40. The molecule has 25 heavy (non-hydrogen) atoms. The molecule has 0 amide bonds. The van der Waals surface area contributed by atoms with Gasteiger partial charge in [-0.15, -0.1) is 0 Å². The van der Waals surface area contributed by atoms with Crippen LogP contribution in [0.2, 0.25) is 5.15 Å². The summed E-state index contributed by atoms with van der Waals surface area (Å²) in [5.41, 5.74) is 1.52. The molecule has 1 fully saturated rings. The van der Waals surface area contributed by atoms with Crippen LogP contribution in [-0.2, 0) is 0 Å². The van der Waals surface area contributed by atoms with Crippen LogP contribution in [0, 0.1) is 11.3 Å². The highest BCUT2D eigenvalue weighted by Crippen LogP contribution is 2.35. The molecule has 2 aromatic rings. The average Bonchev–Trinajstić information content (AvgIpc) is 3.27. The summed E-state index contributed by atoms with van der Waals surface area (Å²) < 4.78 is 14.8. The lowest BCUT2D eigenvalue weighted by Crippen LogP contribution is -2.34. The van der Waals surface area contributed by atoms with Gasteiger partial charge in [0.2, 0.25) is 0 Å². The Morgan fingerprint density at radius 1 is 1.32 bits per heavy atom. The Morgan fingerprint density at radius 2 is 2.00 bits per heavy atom. The minimum Gasteiger partial charge on any atom is -0.497 e. The highest BCUT2D eigenvalue weighted by Gasteiger charge is 2.29. The Balaban J connectivity index is 1.79. The van der Waals surface area contributed by atoms with Crippen molar-refractivity contribution in [1.29, 1.82) is 5.26 Å². The van der Waals surface area contributed by atoms with Gasteiger partial charge in [0.25, 0.3) is 0 Å². The number of benzene rings is 1. The van der Waals surface area contributed by atoms with E-state index in [9.17, 15) is 5.26 Å². The van der Waals surface area contributed by atoms with Gasteiger partial charge in [0.1, 0.15) is 28.1 Å². The van der Waals surface area contributed by atoms with E-state index in [-0.39, 0.29) is 11.2 Å². The highest BCUT2D eigenvalue weighted by molar-refractivity contribution is 7.10. The summed E-state index contributed by atoms with van der Waals surface area (Å²) in [6.45, 7) is 1.76. The number of hydrogen-bond acceptors (Lipinski definition) is 7. The Labute approximate surface area is 156 Å². The van der Waals surface area contributed by atoms with Crippen LogP contribution in [-0.4, -0.2) is 44.8 Å². The molecular formula is C17H19ClN4O2S. The zero-order valence-electron chi connectivity index (χ0n) is 14.3. The maximum atomic E-state index is 9.29. The number of ether oxygens (including phenoxy) is 2. The molecule has 0 bridgehead atoms. The number of nitriles is 1. The van der Waals surface area contributed by atoms with Crippen LogP contribution in [0.4, 0.5) is 10.7 Å². The first-order chi connectivity index (χ1) is 12.1. The third-order valence-corrected chi connectivity index (χ3v) is 5.79. The van der Waals surface area contributed by atoms with Gasteiger partial charge in [-0.2, -0.15) is 9.64 Å². The first kappa shape index (κ1) is 17.6. The van der Waals surface area contributed by atoms with Crippen molar-refractivity contribution in [3.05, 3.63) is 28.9 Å². The smallest absolute Gasteiger partial charge is 0.162 e. The molecule has 1 aliphatic heterocycles. The van der Waals surface area contributed by atoms with Crippen molar-refractivity contribution in [3.8, 4) is 17.6 Å². The second-order valence-corrected chi connectivity index (χ2v) is 6.95. The summed E-state index contributed by atoms with van der Waals surface area (Å²) in [5, 5.41) is 10.4. The molecule has 1 unspecified atom stereocenters. The molecule has 8 heteroatoms. The summed E-state index contributed by atoms with van der Waals surface area (Å²) in [4.78, 5) is 4.40. The van der Waals surface area contributed by atoms with E-state index < -0.39 is 0 Å².